The largest absolute Gasteiger partial charge is 0.396 e. The van der Waals surface area contributed by atoms with E-state index in [0.29, 0.717) is 12.8 Å². The maximum atomic E-state index is 8.77. The first-order chi connectivity index (χ1) is 5.31. The molecule has 3 N–H and O–H groups in total. The molecule has 0 aliphatic rings. The number of unbranched alkanes of at least 4 members (excludes halogenated alkanes) is 1. The molecule has 4 nitrogen and oxygen atoms in total. The van der Waals surface area contributed by atoms with Gasteiger partial charge in [0.25, 0.3) is 0 Å². The Bertz CT molecular complexity index is 76.8. The summed E-state index contributed by atoms with van der Waals surface area (Å²) >= 11 is 0. The third-order valence-electron chi connectivity index (χ3n) is 1.10. The molecule has 0 rings (SSSR count). The third kappa shape index (κ3) is 7.74. The van der Waals surface area contributed by atoms with E-state index in [1.165, 1.54) is 6.61 Å². The van der Waals surface area contributed by atoms with Crippen molar-refractivity contribution in [3.63, 3.8) is 0 Å². The fourth-order valence-corrected chi connectivity index (χ4v) is 0.490. The normalized spacial score (nSPS) is 13.4. The van der Waals surface area contributed by atoms with Gasteiger partial charge < -0.3 is 20.1 Å². The summed E-state index contributed by atoms with van der Waals surface area (Å²) in [5, 5.41) is 25.5. The Morgan fingerprint density at radius 2 is 2.09 bits per heavy atom. The van der Waals surface area contributed by atoms with Gasteiger partial charge in [-0.05, 0) is 12.8 Å². The molecule has 0 heterocycles. The molecule has 0 aromatic rings. The fourth-order valence-electron chi connectivity index (χ4n) is 0.490. The van der Waals surface area contributed by atoms with Crippen LogP contribution >= 0.6 is 0 Å². The molecular weight excluding hydrogens is 148 g/mol. The van der Waals surface area contributed by atoms with Crippen molar-refractivity contribution in [2.45, 2.75) is 18.9 Å². The summed E-state index contributed by atoms with van der Waals surface area (Å²) in [7, 11) is 0. The van der Waals surface area contributed by atoms with Crippen molar-refractivity contribution in [2.24, 2.45) is 0 Å². The Labute approximate surface area is 66.4 Å². The number of hydrogen-bond acceptors (Lipinski definition) is 4. The molecule has 0 saturated carbocycles. The Morgan fingerprint density at radius 1 is 1.36 bits per heavy atom. The van der Waals surface area contributed by atoms with Gasteiger partial charge in [0.2, 0.25) is 0 Å². The lowest BCUT2D eigenvalue weighted by molar-refractivity contribution is 0.0246. The number of aliphatic hydroxyl groups is 3. The summed E-state index contributed by atoms with van der Waals surface area (Å²) < 4.78 is 4.84. The average molecular weight is 163 g/mol. The molecule has 0 amide bonds. The van der Waals surface area contributed by atoms with Crippen LogP contribution in [0.15, 0.2) is 0 Å². The standard InChI is InChI=1S/C7H15O4/c8-3-1-2-4-11-6-7(10)5-9/h4,7-10H,1-3,5-6H2. The van der Waals surface area contributed by atoms with E-state index >= 15 is 0 Å². The van der Waals surface area contributed by atoms with E-state index in [2.05, 4.69) is 0 Å². The second kappa shape index (κ2) is 7.94. The maximum absolute atomic E-state index is 8.77. The molecule has 0 aliphatic heterocycles. The lowest BCUT2D eigenvalue weighted by Gasteiger charge is -2.06. The van der Waals surface area contributed by atoms with Gasteiger partial charge in [-0.2, -0.15) is 0 Å². The number of aliphatic hydroxyl groups excluding tert-OH is 3. The van der Waals surface area contributed by atoms with E-state index in [0.717, 1.165) is 0 Å². The van der Waals surface area contributed by atoms with E-state index in [1.54, 1.807) is 0 Å². The minimum absolute atomic E-state index is 0.113. The maximum Gasteiger partial charge on any atom is 0.100 e. The first-order valence-corrected chi connectivity index (χ1v) is 3.64. The molecule has 0 saturated heterocycles. The molecule has 0 spiro atoms. The van der Waals surface area contributed by atoms with E-state index in [9.17, 15) is 0 Å². The molecule has 11 heavy (non-hydrogen) atoms. The molecular formula is C7H15O4. The first kappa shape index (κ1) is 10.8. The summed E-state index contributed by atoms with van der Waals surface area (Å²) in [6, 6.07) is 0. The van der Waals surface area contributed by atoms with Crippen LogP contribution in [-0.2, 0) is 4.74 Å². The van der Waals surface area contributed by atoms with Gasteiger partial charge in [-0.15, -0.1) is 0 Å². The second-order valence-corrected chi connectivity index (χ2v) is 2.20. The van der Waals surface area contributed by atoms with Crippen molar-refractivity contribution in [3.05, 3.63) is 6.61 Å². The minimum atomic E-state index is -0.805. The van der Waals surface area contributed by atoms with Crippen LogP contribution in [0.2, 0.25) is 0 Å². The summed E-state index contributed by atoms with van der Waals surface area (Å²) in [6.07, 6.45) is 0.518. The topological polar surface area (TPSA) is 69.9 Å². The van der Waals surface area contributed by atoms with E-state index in [4.69, 9.17) is 20.1 Å². The lowest BCUT2D eigenvalue weighted by atomic mass is 10.3. The van der Waals surface area contributed by atoms with Crippen molar-refractivity contribution in [1.82, 2.24) is 0 Å². The SMILES string of the molecule is OCCC[CH]OCC(O)CO. The van der Waals surface area contributed by atoms with Gasteiger partial charge in [0.05, 0.1) is 19.8 Å². The smallest absolute Gasteiger partial charge is 0.100 e. The van der Waals surface area contributed by atoms with Crippen LogP contribution in [0, 0.1) is 6.61 Å². The summed E-state index contributed by atoms with van der Waals surface area (Å²) in [5.41, 5.74) is 0. The quantitative estimate of drug-likeness (QED) is 0.434. The van der Waals surface area contributed by atoms with Gasteiger partial charge in [0, 0.05) is 6.61 Å². The van der Waals surface area contributed by atoms with Gasteiger partial charge in [0.1, 0.15) is 6.10 Å². The zero-order chi connectivity index (χ0) is 8.53. The Balaban J connectivity index is 2.89. The second-order valence-electron chi connectivity index (χ2n) is 2.20. The van der Waals surface area contributed by atoms with Gasteiger partial charge in [0.15, 0.2) is 0 Å². The molecule has 67 valence electrons. The Morgan fingerprint density at radius 3 is 2.64 bits per heavy atom. The molecule has 4 heteroatoms. The van der Waals surface area contributed by atoms with Crippen LogP contribution < -0.4 is 0 Å². The summed E-state index contributed by atoms with van der Waals surface area (Å²) in [4.78, 5) is 0. The van der Waals surface area contributed by atoms with Crippen molar-refractivity contribution in [1.29, 1.82) is 0 Å². The zero-order valence-electron chi connectivity index (χ0n) is 6.44. The van der Waals surface area contributed by atoms with Crippen LogP contribution in [-0.4, -0.2) is 41.2 Å². The highest BCUT2D eigenvalue weighted by molar-refractivity contribution is 4.54. The molecule has 0 bridgehead atoms. The van der Waals surface area contributed by atoms with Crippen molar-refractivity contribution < 1.29 is 20.1 Å². The molecule has 1 unspecified atom stereocenters. The molecule has 0 aromatic heterocycles. The van der Waals surface area contributed by atoms with E-state index in [1.807, 2.05) is 0 Å². The van der Waals surface area contributed by atoms with Gasteiger partial charge in [-0.1, -0.05) is 0 Å². The summed E-state index contributed by atoms with van der Waals surface area (Å²) in [5.74, 6) is 0. The molecule has 0 aliphatic carbocycles. The molecule has 1 radical (unpaired) electrons. The zero-order valence-corrected chi connectivity index (χ0v) is 6.44. The number of ether oxygens (including phenoxy) is 1. The van der Waals surface area contributed by atoms with Crippen molar-refractivity contribution in [2.75, 3.05) is 19.8 Å². The van der Waals surface area contributed by atoms with Gasteiger partial charge >= 0.3 is 0 Å². The minimum Gasteiger partial charge on any atom is -0.396 e. The first-order valence-electron chi connectivity index (χ1n) is 3.64. The van der Waals surface area contributed by atoms with Crippen molar-refractivity contribution in [3.8, 4) is 0 Å². The Hall–Kier alpha value is -0.160. The third-order valence-corrected chi connectivity index (χ3v) is 1.10. The van der Waals surface area contributed by atoms with Crippen molar-refractivity contribution >= 4 is 0 Å². The molecule has 0 fully saturated rings. The van der Waals surface area contributed by atoms with Crippen LogP contribution in [0.3, 0.4) is 0 Å². The van der Waals surface area contributed by atoms with Crippen LogP contribution in [0.25, 0.3) is 0 Å². The van der Waals surface area contributed by atoms with E-state index < -0.39 is 6.10 Å². The highest BCUT2D eigenvalue weighted by atomic mass is 16.5. The molecule has 1 atom stereocenters. The number of hydrogen-bond donors (Lipinski definition) is 3. The lowest BCUT2D eigenvalue weighted by Crippen LogP contribution is -2.18. The number of rotatable bonds is 7. The van der Waals surface area contributed by atoms with Gasteiger partial charge in [-0.3, -0.25) is 0 Å². The predicted octanol–water partition coefficient (Wildman–Crippen LogP) is -0.710. The highest BCUT2D eigenvalue weighted by Gasteiger charge is 2.00. The highest BCUT2D eigenvalue weighted by Crippen LogP contribution is 1.95. The summed E-state index contributed by atoms with van der Waals surface area (Å²) in [6.45, 7) is 1.49. The predicted molar refractivity (Wildman–Crippen MR) is 39.7 cm³/mol. The molecule has 0 aromatic carbocycles. The van der Waals surface area contributed by atoms with E-state index in [-0.39, 0.29) is 19.8 Å². The van der Waals surface area contributed by atoms with Crippen LogP contribution in [0.1, 0.15) is 12.8 Å². The Kier molecular flexibility index (Phi) is 7.83. The van der Waals surface area contributed by atoms with Crippen LogP contribution in [0.4, 0.5) is 0 Å². The fraction of sp³-hybridized carbons (Fsp3) is 0.857. The average Bonchev–Trinajstić information content (AvgIpc) is 2.04. The van der Waals surface area contributed by atoms with Crippen LogP contribution in [0.5, 0.6) is 0 Å². The monoisotopic (exact) mass is 163 g/mol. The van der Waals surface area contributed by atoms with Gasteiger partial charge in [-0.25, -0.2) is 0 Å².